The summed E-state index contributed by atoms with van der Waals surface area (Å²) in [6.07, 6.45) is -4.54. The Kier molecular flexibility index (Phi) is 6.12. The molecule has 0 radical (unpaired) electrons. The number of ether oxygens (including phenoxy) is 2. The number of thiol groups is 1. The van der Waals surface area contributed by atoms with Crippen LogP contribution < -0.4 is 14.4 Å². The van der Waals surface area contributed by atoms with Crippen LogP contribution in [0.4, 0.5) is 18.9 Å². The predicted molar refractivity (Wildman–Crippen MR) is 123 cm³/mol. The molecular formula is C23H21F3N4O5S. The average Bonchev–Trinajstić information content (AvgIpc) is 3.46. The number of carbonyl (C=O) groups excluding carboxylic acids is 1. The molecule has 0 atom stereocenters. The van der Waals surface area contributed by atoms with Gasteiger partial charge in [0.1, 0.15) is 0 Å². The first-order valence-corrected chi connectivity index (χ1v) is 12.3. The van der Waals surface area contributed by atoms with Crippen LogP contribution in [0.25, 0.3) is 5.69 Å². The lowest BCUT2D eigenvalue weighted by Crippen LogP contribution is -2.33. The van der Waals surface area contributed by atoms with E-state index in [-0.39, 0.29) is 49.2 Å². The second-order valence-electron chi connectivity index (χ2n) is 8.41. The van der Waals surface area contributed by atoms with Crippen LogP contribution in [-0.2, 0) is 29.8 Å². The van der Waals surface area contributed by atoms with Crippen molar-refractivity contribution in [3.63, 3.8) is 0 Å². The first kappa shape index (κ1) is 24.1. The van der Waals surface area contributed by atoms with Gasteiger partial charge in [-0.25, -0.2) is 13.1 Å². The summed E-state index contributed by atoms with van der Waals surface area (Å²) in [4.78, 5) is 16.1. The van der Waals surface area contributed by atoms with Crippen LogP contribution in [0.15, 0.2) is 42.5 Å². The molecule has 0 fully saturated rings. The predicted octanol–water partition coefficient (Wildman–Crippen LogP) is 2.82. The summed E-state index contributed by atoms with van der Waals surface area (Å²) in [7, 11) is -1.18. The smallest absolute Gasteiger partial charge is 0.435 e. The van der Waals surface area contributed by atoms with Crippen molar-refractivity contribution in [3.8, 4) is 17.2 Å². The molecule has 1 aromatic heterocycles. The molecule has 2 aliphatic rings. The van der Waals surface area contributed by atoms with Crippen molar-refractivity contribution in [1.29, 1.82) is 0 Å². The highest BCUT2D eigenvalue weighted by atomic mass is 32.2. The Morgan fingerprint density at radius 2 is 1.92 bits per heavy atom. The molecule has 0 spiro atoms. The summed E-state index contributed by atoms with van der Waals surface area (Å²) in [5.74, 6) is 0.386. The molecule has 2 aromatic carbocycles. The average molecular weight is 523 g/mol. The molecular weight excluding hydrogens is 501 g/mol. The van der Waals surface area contributed by atoms with E-state index in [1.54, 1.807) is 43.4 Å². The largest absolute Gasteiger partial charge is 0.454 e. The third kappa shape index (κ3) is 4.51. The Hall–Kier alpha value is -3.58. The lowest BCUT2D eigenvalue weighted by molar-refractivity contribution is -0.142. The van der Waals surface area contributed by atoms with Crippen molar-refractivity contribution in [1.82, 2.24) is 14.7 Å². The van der Waals surface area contributed by atoms with Gasteiger partial charge in [-0.3, -0.25) is 9.69 Å². The van der Waals surface area contributed by atoms with Gasteiger partial charge in [0.2, 0.25) is 6.79 Å². The maximum atomic E-state index is 13.8. The molecule has 0 unspecified atom stereocenters. The minimum Gasteiger partial charge on any atom is -0.454 e. The molecule has 36 heavy (non-hydrogen) atoms. The van der Waals surface area contributed by atoms with Crippen molar-refractivity contribution in [2.24, 2.45) is 0 Å². The molecule has 0 saturated carbocycles. The number of fused-ring (bicyclic) bond motifs is 2. The number of aromatic nitrogens is 2. The number of benzene rings is 2. The highest BCUT2D eigenvalue weighted by molar-refractivity contribution is 7.72. The van der Waals surface area contributed by atoms with Gasteiger partial charge < -0.3 is 14.4 Å². The van der Waals surface area contributed by atoms with Gasteiger partial charge in [-0.15, -0.1) is 0 Å². The number of hydrogen-bond acceptors (Lipinski definition) is 7. The second-order valence-corrected chi connectivity index (χ2v) is 9.36. The summed E-state index contributed by atoms with van der Waals surface area (Å²) in [6, 6.07) is 11.3. The van der Waals surface area contributed by atoms with E-state index in [9.17, 15) is 26.4 Å². The zero-order chi connectivity index (χ0) is 25.6. The normalized spacial score (nSPS) is 15.2. The fraction of sp³-hybridized carbons (Fsp3) is 0.304. The monoisotopic (exact) mass is 522 g/mol. The number of rotatable bonds is 5. The van der Waals surface area contributed by atoms with Crippen LogP contribution in [0.1, 0.15) is 27.3 Å². The first-order valence-electron chi connectivity index (χ1n) is 10.9. The number of hydrogen-bond donors (Lipinski definition) is 1. The van der Waals surface area contributed by atoms with E-state index < -0.39 is 22.6 Å². The Morgan fingerprint density at radius 3 is 2.67 bits per heavy atom. The molecule has 0 bridgehead atoms. The highest BCUT2D eigenvalue weighted by Crippen LogP contribution is 2.37. The van der Waals surface area contributed by atoms with Gasteiger partial charge in [0, 0.05) is 49.4 Å². The minimum atomic E-state index is -4.72. The van der Waals surface area contributed by atoms with Gasteiger partial charge in [-0.05, 0) is 30.3 Å². The molecule has 1 amide bonds. The summed E-state index contributed by atoms with van der Waals surface area (Å²) in [5, 5.41) is 3.85. The van der Waals surface area contributed by atoms with Gasteiger partial charge in [0.05, 0.1) is 17.3 Å². The third-order valence-corrected chi connectivity index (χ3v) is 6.74. The van der Waals surface area contributed by atoms with Gasteiger partial charge in [0.25, 0.3) is 5.91 Å². The molecule has 3 aromatic rings. The van der Waals surface area contributed by atoms with Crippen molar-refractivity contribution in [2.45, 2.75) is 19.1 Å². The van der Waals surface area contributed by atoms with E-state index >= 15 is 0 Å². The number of alkyl halides is 3. The number of anilines is 1. The van der Waals surface area contributed by atoms with Crippen molar-refractivity contribution >= 4 is 22.3 Å². The minimum absolute atomic E-state index is 0.0557. The Balaban J connectivity index is 1.48. The molecule has 9 nitrogen and oxygen atoms in total. The summed E-state index contributed by atoms with van der Waals surface area (Å²) in [6.45, 7) is 0.184. The number of halogens is 3. The van der Waals surface area contributed by atoms with Gasteiger partial charge in [-0.2, -0.15) is 18.3 Å². The van der Waals surface area contributed by atoms with Crippen LogP contribution >= 0.6 is 0 Å². The standard InChI is InChI=1S/C23H21F3N4O5S/c1-28(15-5-6-19-20(10-15)35-13-34-19)22(31)14-3-2-4-16(9-14)30-18-7-8-29(12-36(32)33)11-17(18)21(27-30)23(24,25)26/h2-6,9-10,36H,7-8,11-13H2,1H3. The number of carbonyl (C=O) groups is 1. The molecule has 2 aliphatic heterocycles. The van der Waals surface area contributed by atoms with Crippen molar-refractivity contribution < 1.29 is 35.9 Å². The van der Waals surface area contributed by atoms with Crippen LogP contribution in [-0.4, -0.2) is 55.3 Å². The topological polar surface area (TPSA) is 94.0 Å². The van der Waals surface area contributed by atoms with Crippen LogP contribution in [0.5, 0.6) is 11.5 Å². The fourth-order valence-electron chi connectivity index (χ4n) is 4.38. The molecule has 0 saturated heterocycles. The first-order chi connectivity index (χ1) is 17.1. The van der Waals surface area contributed by atoms with Gasteiger partial charge in [-0.1, -0.05) is 6.07 Å². The van der Waals surface area contributed by atoms with Crippen molar-refractivity contribution in [3.05, 3.63) is 65.0 Å². The Bertz CT molecular complexity index is 1410. The lowest BCUT2D eigenvalue weighted by Gasteiger charge is -2.26. The van der Waals surface area contributed by atoms with Crippen molar-refractivity contribution in [2.75, 3.05) is 31.2 Å². The van der Waals surface area contributed by atoms with E-state index in [0.29, 0.717) is 28.6 Å². The maximum Gasteiger partial charge on any atom is 0.435 e. The molecule has 13 heteroatoms. The van der Waals surface area contributed by atoms with Crippen LogP contribution in [0.3, 0.4) is 0 Å². The molecule has 0 N–H and O–H groups in total. The Morgan fingerprint density at radius 1 is 1.14 bits per heavy atom. The maximum absolute atomic E-state index is 13.8. The van der Waals surface area contributed by atoms with Crippen LogP contribution in [0.2, 0.25) is 0 Å². The van der Waals surface area contributed by atoms with E-state index in [1.165, 1.54) is 20.5 Å². The van der Waals surface area contributed by atoms with E-state index in [0.717, 1.165) is 0 Å². The highest BCUT2D eigenvalue weighted by Gasteiger charge is 2.41. The quantitative estimate of drug-likeness (QED) is 0.515. The van der Waals surface area contributed by atoms with Crippen LogP contribution in [0, 0.1) is 0 Å². The zero-order valence-corrected chi connectivity index (χ0v) is 19.9. The number of nitrogens with zero attached hydrogens (tertiary/aromatic N) is 4. The van der Waals surface area contributed by atoms with E-state index in [2.05, 4.69) is 5.10 Å². The molecule has 0 aliphatic carbocycles. The Labute approximate surface area is 205 Å². The summed E-state index contributed by atoms with van der Waals surface area (Å²) < 4.78 is 75.5. The zero-order valence-electron chi connectivity index (χ0n) is 19.0. The third-order valence-electron chi connectivity index (χ3n) is 6.11. The van der Waals surface area contributed by atoms with Gasteiger partial charge >= 0.3 is 6.18 Å². The van der Waals surface area contributed by atoms with E-state index in [4.69, 9.17) is 9.47 Å². The lowest BCUT2D eigenvalue weighted by atomic mass is 10.0. The van der Waals surface area contributed by atoms with E-state index in [1.807, 2.05) is 0 Å². The molecule has 190 valence electrons. The summed E-state index contributed by atoms with van der Waals surface area (Å²) in [5.41, 5.74) is 0.342. The fourth-order valence-corrected chi connectivity index (χ4v) is 4.94. The number of amides is 1. The van der Waals surface area contributed by atoms with Gasteiger partial charge in [0.15, 0.2) is 27.9 Å². The molecule has 3 heterocycles. The SMILES string of the molecule is CN(C(=O)c1cccc(-n2nc(C(F)(F)F)c3c2CCN(C[SH](=O)=O)C3)c1)c1ccc2c(c1)OCO2. The second kappa shape index (κ2) is 9.13. The summed E-state index contributed by atoms with van der Waals surface area (Å²) >= 11 is 0. The molecule has 5 rings (SSSR count).